The molecule has 2 atom stereocenters. The maximum Gasteiger partial charge on any atom is 0.340 e. The normalized spacial score (nSPS) is 16.0. The van der Waals surface area contributed by atoms with Crippen LogP contribution in [0.15, 0.2) is 0 Å². The van der Waals surface area contributed by atoms with E-state index in [1.165, 1.54) is 0 Å². The summed E-state index contributed by atoms with van der Waals surface area (Å²) in [7, 11) is 0. The molecule has 0 saturated heterocycles. The van der Waals surface area contributed by atoms with Gasteiger partial charge in [-0.25, -0.2) is 0 Å². The predicted octanol–water partition coefficient (Wildman–Crippen LogP) is 8.10. The van der Waals surface area contributed by atoms with Gasteiger partial charge in [-0.3, -0.25) is 0 Å². The summed E-state index contributed by atoms with van der Waals surface area (Å²) < 4.78 is 33.1. The summed E-state index contributed by atoms with van der Waals surface area (Å²) >= 11 is 0. The Balaban J connectivity index is 6.32. The second-order valence-electron chi connectivity index (χ2n) is 10.4. The maximum absolute atomic E-state index is 6.65. The molecule has 0 bridgehead atoms. The Labute approximate surface area is 206 Å². The molecule has 0 aliphatic carbocycles. The fraction of sp³-hybridized carbons (Fsp3) is 1.00. The lowest BCUT2D eigenvalue weighted by Gasteiger charge is -2.48. The molecule has 0 saturated carbocycles. The van der Waals surface area contributed by atoms with Crippen LogP contribution in [0.25, 0.3) is 0 Å². The molecule has 0 aliphatic heterocycles. The zero-order valence-electron chi connectivity index (χ0n) is 23.7. The smallest absolute Gasteiger partial charge is 0.340 e. The predicted molar refractivity (Wildman–Crippen MR) is 138 cm³/mol. The molecule has 200 valence electrons. The molecule has 0 amide bonds. The highest BCUT2D eigenvalue weighted by Gasteiger charge is 2.59. The van der Waals surface area contributed by atoms with Gasteiger partial charge in [0, 0.05) is 6.42 Å². The summed E-state index contributed by atoms with van der Waals surface area (Å²) in [5.41, 5.74) is 0. The molecule has 5 heteroatoms. The van der Waals surface area contributed by atoms with Gasteiger partial charge in [-0.05, 0) is 51.4 Å². The Bertz CT molecular complexity index is 428. The second-order valence-corrected chi connectivity index (χ2v) is 10.4. The Morgan fingerprint density at radius 1 is 0.576 bits per heavy atom. The Kier molecular flexibility index (Phi) is 18.9. The minimum absolute atomic E-state index is 0.0526. The van der Waals surface area contributed by atoms with Crippen LogP contribution in [0.2, 0.25) is 0 Å². The fourth-order valence-corrected chi connectivity index (χ4v) is 3.57. The van der Waals surface area contributed by atoms with Gasteiger partial charge in [0.05, 0.1) is 32.5 Å². The van der Waals surface area contributed by atoms with Crippen molar-refractivity contribution in [3.05, 3.63) is 0 Å². The molecule has 2 unspecified atom stereocenters. The molecule has 0 N–H and O–H groups in total. The first-order valence-corrected chi connectivity index (χ1v) is 13.9. The van der Waals surface area contributed by atoms with Crippen LogP contribution in [0, 0.1) is 11.8 Å². The highest BCUT2D eigenvalue weighted by Crippen LogP contribution is 2.41. The first-order chi connectivity index (χ1) is 15.7. The van der Waals surface area contributed by atoms with E-state index in [1.54, 1.807) is 0 Å². The van der Waals surface area contributed by atoms with Gasteiger partial charge in [-0.15, -0.1) is 0 Å². The highest BCUT2D eigenvalue weighted by atomic mass is 16.9. The molecule has 0 aromatic rings. The number of ether oxygens (including phenoxy) is 5. The van der Waals surface area contributed by atoms with E-state index >= 15 is 0 Å². The van der Waals surface area contributed by atoms with Crippen molar-refractivity contribution in [3.63, 3.8) is 0 Å². The lowest BCUT2D eigenvalue weighted by atomic mass is 10.0. The van der Waals surface area contributed by atoms with E-state index in [4.69, 9.17) is 23.7 Å². The molecule has 0 spiro atoms. The van der Waals surface area contributed by atoms with E-state index < -0.39 is 11.8 Å². The van der Waals surface area contributed by atoms with Crippen molar-refractivity contribution in [2.45, 2.75) is 144 Å². The summed E-state index contributed by atoms with van der Waals surface area (Å²) in [6, 6.07) is 0. The first-order valence-electron chi connectivity index (χ1n) is 13.9. The van der Waals surface area contributed by atoms with E-state index in [1.807, 2.05) is 0 Å². The third-order valence-corrected chi connectivity index (χ3v) is 5.47. The monoisotopic (exact) mass is 474 g/mol. The van der Waals surface area contributed by atoms with E-state index in [-0.39, 0.29) is 6.10 Å². The Hall–Kier alpha value is -0.200. The molecule has 0 heterocycles. The van der Waals surface area contributed by atoms with Gasteiger partial charge in [-0.2, -0.15) is 0 Å². The van der Waals surface area contributed by atoms with Gasteiger partial charge in [0.2, 0.25) is 0 Å². The van der Waals surface area contributed by atoms with Crippen LogP contribution < -0.4 is 0 Å². The third-order valence-electron chi connectivity index (χ3n) is 5.47. The summed E-state index contributed by atoms with van der Waals surface area (Å²) in [4.78, 5) is 0. The molecule has 0 aromatic heterocycles. The Morgan fingerprint density at radius 2 is 1.15 bits per heavy atom. The molecule has 0 radical (unpaired) electrons. The van der Waals surface area contributed by atoms with Crippen LogP contribution in [-0.4, -0.2) is 44.3 Å². The van der Waals surface area contributed by atoms with Crippen molar-refractivity contribution in [3.8, 4) is 0 Å². The minimum atomic E-state index is -1.38. The van der Waals surface area contributed by atoms with Gasteiger partial charge in [0.25, 0.3) is 5.79 Å². The highest BCUT2D eigenvalue weighted by molar-refractivity contribution is 4.85. The SMILES string of the molecule is CCCCCOC(OCCC(C)C)(OCC(C)C)C(CCCCC)(OCCCC)OC(C)C. The van der Waals surface area contributed by atoms with E-state index in [9.17, 15) is 0 Å². The van der Waals surface area contributed by atoms with E-state index in [0.717, 1.165) is 57.8 Å². The first kappa shape index (κ1) is 32.8. The zero-order valence-corrected chi connectivity index (χ0v) is 23.7. The second kappa shape index (κ2) is 19.0. The largest absolute Gasteiger partial charge is 0.343 e. The van der Waals surface area contributed by atoms with Crippen LogP contribution in [0.5, 0.6) is 0 Å². The number of rotatable bonds is 23. The summed E-state index contributed by atoms with van der Waals surface area (Å²) in [6.07, 6.45) is 9.95. The Morgan fingerprint density at radius 3 is 1.70 bits per heavy atom. The van der Waals surface area contributed by atoms with Crippen molar-refractivity contribution in [2.24, 2.45) is 11.8 Å². The van der Waals surface area contributed by atoms with Crippen LogP contribution in [0.3, 0.4) is 0 Å². The lowest BCUT2D eigenvalue weighted by molar-refractivity contribution is -0.505. The molecular formula is C28H58O5. The molecule has 0 fully saturated rings. The van der Waals surface area contributed by atoms with Crippen molar-refractivity contribution in [2.75, 3.05) is 26.4 Å². The lowest BCUT2D eigenvalue weighted by Crippen LogP contribution is -2.64. The van der Waals surface area contributed by atoms with Crippen molar-refractivity contribution < 1.29 is 23.7 Å². The van der Waals surface area contributed by atoms with Gasteiger partial charge in [0.1, 0.15) is 0 Å². The van der Waals surface area contributed by atoms with Crippen LogP contribution in [-0.2, 0) is 23.7 Å². The van der Waals surface area contributed by atoms with Crippen LogP contribution in [0.1, 0.15) is 127 Å². The molecule has 0 aliphatic rings. The van der Waals surface area contributed by atoms with Crippen molar-refractivity contribution in [1.82, 2.24) is 0 Å². The van der Waals surface area contributed by atoms with Gasteiger partial charge in [-0.1, -0.05) is 80.6 Å². The topological polar surface area (TPSA) is 46.2 Å². The number of unbranched alkanes of at least 4 members (excludes halogenated alkanes) is 5. The van der Waals surface area contributed by atoms with E-state index in [2.05, 4.69) is 62.3 Å². The third kappa shape index (κ3) is 13.5. The van der Waals surface area contributed by atoms with Crippen molar-refractivity contribution >= 4 is 0 Å². The quantitative estimate of drug-likeness (QED) is 0.111. The molecule has 33 heavy (non-hydrogen) atoms. The average molecular weight is 475 g/mol. The summed E-state index contributed by atoms with van der Waals surface area (Å²) in [6.45, 7) is 21.6. The fourth-order valence-electron chi connectivity index (χ4n) is 3.57. The molecule has 0 aromatic carbocycles. The van der Waals surface area contributed by atoms with Gasteiger partial charge in [0.15, 0.2) is 0 Å². The summed E-state index contributed by atoms with van der Waals surface area (Å²) in [5, 5.41) is 0. The summed E-state index contributed by atoms with van der Waals surface area (Å²) in [5.74, 6) is -1.63. The van der Waals surface area contributed by atoms with Gasteiger partial charge < -0.3 is 23.7 Å². The number of hydrogen-bond donors (Lipinski definition) is 0. The van der Waals surface area contributed by atoms with Crippen LogP contribution >= 0.6 is 0 Å². The standard InChI is InChI=1S/C28H58O5/c1-10-13-16-19-27(33-26(8)9,29-20-15-12-3)28(32-23-25(6)7,30-21-17-14-11-2)31-22-18-24(4)5/h24-26H,10-23H2,1-9H3. The molecule has 0 rings (SSSR count). The molecule has 5 nitrogen and oxygen atoms in total. The molecular weight excluding hydrogens is 416 g/mol. The average Bonchev–Trinajstić information content (AvgIpc) is 2.74. The van der Waals surface area contributed by atoms with E-state index in [0.29, 0.717) is 44.7 Å². The minimum Gasteiger partial charge on any atom is -0.343 e. The van der Waals surface area contributed by atoms with Crippen molar-refractivity contribution in [1.29, 1.82) is 0 Å². The van der Waals surface area contributed by atoms with Crippen LogP contribution in [0.4, 0.5) is 0 Å². The van der Waals surface area contributed by atoms with Gasteiger partial charge >= 0.3 is 5.97 Å². The zero-order chi connectivity index (χ0) is 25.2. The maximum atomic E-state index is 6.65. The number of hydrogen-bond acceptors (Lipinski definition) is 5.